The Bertz CT molecular complexity index is 2950. The molecule has 3 aromatic heterocycles. The number of rotatable bonds is 5. The number of hydrogen-bond donors (Lipinski definition) is 0. The Morgan fingerprint density at radius 3 is 1.71 bits per heavy atom. The molecule has 242 valence electrons. The van der Waals surface area contributed by atoms with E-state index in [4.69, 9.17) is 14.4 Å². The van der Waals surface area contributed by atoms with E-state index in [9.17, 15) is 5.26 Å². The third-order valence-electron chi connectivity index (χ3n) is 9.88. The number of nitrogens with zero attached hydrogens (tertiary/aromatic N) is 4. The second-order valence-electron chi connectivity index (χ2n) is 12.8. The van der Waals surface area contributed by atoms with Gasteiger partial charge in [0.2, 0.25) is 0 Å². The van der Waals surface area contributed by atoms with Crippen molar-refractivity contribution in [3.05, 3.63) is 175 Å². The quantitative estimate of drug-likeness (QED) is 0.184. The maximum Gasteiger partial charge on any atom is 0.162 e. The Morgan fingerprint density at radius 1 is 0.481 bits per heavy atom. The molecule has 0 saturated heterocycles. The first-order valence-corrected chi connectivity index (χ1v) is 17.2. The van der Waals surface area contributed by atoms with Gasteiger partial charge in [0.25, 0.3) is 0 Å². The number of nitriles is 1. The van der Waals surface area contributed by atoms with E-state index in [2.05, 4.69) is 102 Å². The van der Waals surface area contributed by atoms with Crippen LogP contribution in [-0.2, 0) is 0 Å². The molecule has 0 bridgehead atoms. The summed E-state index contributed by atoms with van der Waals surface area (Å²) >= 11 is 0. The van der Waals surface area contributed by atoms with Crippen LogP contribution >= 0.6 is 0 Å². The molecule has 0 spiro atoms. The van der Waals surface area contributed by atoms with Crippen molar-refractivity contribution in [2.45, 2.75) is 0 Å². The largest absolute Gasteiger partial charge is 0.454 e. The molecule has 10 aromatic rings. The first kappa shape index (κ1) is 29.6. The van der Waals surface area contributed by atoms with Crippen LogP contribution in [0, 0.1) is 11.3 Å². The summed E-state index contributed by atoms with van der Waals surface area (Å²) in [6.45, 7) is 0. The summed E-state index contributed by atoms with van der Waals surface area (Å²) in [5.41, 5.74) is 10.8. The molecule has 52 heavy (non-hydrogen) atoms. The first-order valence-electron chi connectivity index (χ1n) is 17.2. The Labute approximate surface area is 299 Å². The van der Waals surface area contributed by atoms with Gasteiger partial charge in [-0.15, -0.1) is 0 Å². The predicted octanol–water partition coefficient (Wildman–Crippen LogP) is 12.0. The van der Waals surface area contributed by atoms with Crippen LogP contribution in [0.4, 0.5) is 0 Å². The summed E-state index contributed by atoms with van der Waals surface area (Å²) in [7, 11) is 0. The lowest BCUT2D eigenvalue weighted by atomic mass is 9.97. The van der Waals surface area contributed by atoms with Crippen LogP contribution in [0.15, 0.2) is 174 Å². The van der Waals surface area contributed by atoms with E-state index in [0.717, 1.165) is 77.2 Å². The molecule has 3 heterocycles. The van der Waals surface area contributed by atoms with Gasteiger partial charge in [0.1, 0.15) is 17.2 Å². The fraction of sp³-hybridized carbons (Fsp3) is 0. The van der Waals surface area contributed by atoms with Gasteiger partial charge in [-0.05, 0) is 29.8 Å². The van der Waals surface area contributed by atoms with Crippen LogP contribution in [0.5, 0.6) is 0 Å². The molecule has 5 heteroatoms. The molecule has 0 aliphatic rings. The SMILES string of the molecule is N#Cc1c(-c2ccccc2)nc(-c2cccc(-c3ccccc3)c2-n2c3ccccc3c3ccc4c5ccccc5oc4c32)nc1-c1ccccc1. The lowest BCUT2D eigenvalue weighted by Crippen LogP contribution is -2.05. The molecule has 0 aliphatic carbocycles. The van der Waals surface area contributed by atoms with E-state index in [1.165, 1.54) is 0 Å². The van der Waals surface area contributed by atoms with E-state index in [-0.39, 0.29) is 0 Å². The molecule has 0 aliphatic heterocycles. The average molecular weight is 665 g/mol. The van der Waals surface area contributed by atoms with Gasteiger partial charge >= 0.3 is 0 Å². The van der Waals surface area contributed by atoms with Crippen molar-refractivity contribution in [1.82, 2.24) is 14.5 Å². The number of para-hydroxylation sites is 3. The second-order valence-corrected chi connectivity index (χ2v) is 12.8. The Morgan fingerprint density at radius 2 is 1.04 bits per heavy atom. The summed E-state index contributed by atoms with van der Waals surface area (Å²) in [6.07, 6.45) is 0. The van der Waals surface area contributed by atoms with E-state index >= 15 is 0 Å². The zero-order chi connectivity index (χ0) is 34.6. The van der Waals surface area contributed by atoms with Crippen molar-refractivity contribution >= 4 is 43.7 Å². The molecule has 0 radical (unpaired) electrons. The molecule has 10 rings (SSSR count). The minimum Gasteiger partial charge on any atom is -0.454 e. The molecule has 0 saturated carbocycles. The van der Waals surface area contributed by atoms with Crippen LogP contribution < -0.4 is 0 Å². The van der Waals surface area contributed by atoms with Crippen molar-refractivity contribution in [3.63, 3.8) is 0 Å². The van der Waals surface area contributed by atoms with Gasteiger partial charge in [0, 0.05) is 43.8 Å². The highest BCUT2D eigenvalue weighted by Gasteiger charge is 2.26. The monoisotopic (exact) mass is 664 g/mol. The van der Waals surface area contributed by atoms with Crippen molar-refractivity contribution in [3.8, 4) is 56.8 Å². The van der Waals surface area contributed by atoms with E-state index in [1.807, 2.05) is 78.9 Å². The van der Waals surface area contributed by atoms with Crippen LogP contribution in [0.2, 0.25) is 0 Å². The van der Waals surface area contributed by atoms with Crippen molar-refractivity contribution in [2.75, 3.05) is 0 Å². The van der Waals surface area contributed by atoms with Crippen molar-refractivity contribution in [2.24, 2.45) is 0 Å². The molecule has 7 aromatic carbocycles. The smallest absolute Gasteiger partial charge is 0.162 e. The van der Waals surface area contributed by atoms with Crippen LogP contribution in [0.3, 0.4) is 0 Å². The second kappa shape index (κ2) is 11.9. The third kappa shape index (κ3) is 4.56. The van der Waals surface area contributed by atoms with Crippen LogP contribution in [-0.4, -0.2) is 14.5 Å². The molecular weight excluding hydrogens is 637 g/mol. The molecular formula is C47H28N4O. The summed E-state index contributed by atoms with van der Waals surface area (Å²) in [4.78, 5) is 10.5. The zero-order valence-electron chi connectivity index (χ0n) is 27.9. The number of aromatic nitrogens is 3. The lowest BCUT2D eigenvalue weighted by molar-refractivity contribution is 0.671. The highest BCUT2D eigenvalue weighted by molar-refractivity contribution is 6.22. The molecule has 0 amide bonds. The predicted molar refractivity (Wildman–Crippen MR) is 210 cm³/mol. The van der Waals surface area contributed by atoms with Crippen molar-refractivity contribution in [1.29, 1.82) is 5.26 Å². The molecule has 0 atom stereocenters. The standard InChI is InChI=1S/C47H28N4O/c48-29-39-42(31-17-6-2-7-18-31)49-47(50-43(39)32-19-8-3-9-20-32)38-24-14-23-33(30-15-4-1-5-16-30)44(38)51-40-25-12-10-21-34(40)36-27-28-37-35-22-11-13-26-41(35)52-46(37)45(36)51/h1-28H. The van der Waals surface area contributed by atoms with Gasteiger partial charge in [-0.1, -0.05) is 146 Å². The van der Waals surface area contributed by atoms with E-state index in [1.54, 1.807) is 0 Å². The van der Waals surface area contributed by atoms with E-state index in [0.29, 0.717) is 22.8 Å². The van der Waals surface area contributed by atoms with Gasteiger partial charge < -0.3 is 8.98 Å². The number of benzene rings is 7. The fourth-order valence-electron chi connectivity index (χ4n) is 7.58. The number of furan rings is 1. The van der Waals surface area contributed by atoms with Gasteiger partial charge in [-0.25, -0.2) is 9.97 Å². The summed E-state index contributed by atoms with van der Waals surface area (Å²) in [6, 6.07) is 60.1. The number of hydrogen-bond acceptors (Lipinski definition) is 4. The molecule has 0 unspecified atom stereocenters. The molecule has 5 nitrogen and oxygen atoms in total. The topological polar surface area (TPSA) is 67.6 Å². The molecule has 0 N–H and O–H groups in total. The van der Waals surface area contributed by atoms with Gasteiger partial charge in [-0.3, -0.25) is 0 Å². The van der Waals surface area contributed by atoms with E-state index < -0.39 is 0 Å². The van der Waals surface area contributed by atoms with Gasteiger partial charge in [0.15, 0.2) is 11.4 Å². The van der Waals surface area contributed by atoms with Crippen molar-refractivity contribution < 1.29 is 4.42 Å². The van der Waals surface area contributed by atoms with Crippen LogP contribution in [0.25, 0.3) is 94.5 Å². The van der Waals surface area contributed by atoms with Gasteiger partial charge in [-0.2, -0.15) is 5.26 Å². The Balaban J connectivity index is 1.39. The normalized spacial score (nSPS) is 11.4. The average Bonchev–Trinajstić information content (AvgIpc) is 3.77. The summed E-state index contributed by atoms with van der Waals surface area (Å²) in [5.74, 6) is 0.521. The fourth-order valence-corrected chi connectivity index (χ4v) is 7.58. The maximum atomic E-state index is 10.6. The first-order chi connectivity index (χ1) is 25.8. The van der Waals surface area contributed by atoms with Crippen LogP contribution in [0.1, 0.15) is 5.56 Å². The third-order valence-corrected chi connectivity index (χ3v) is 9.88. The Kier molecular flexibility index (Phi) is 6.80. The summed E-state index contributed by atoms with van der Waals surface area (Å²) < 4.78 is 9.08. The number of fused-ring (bicyclic) bond motifs is 7. The minimum absolute atomic E-state index is 0.433. The molecule has 0 fully saturated rings. The van der Waals surface area contributed by atoms with Gasteiger partial charge in [0.05, 0.1) is 28.1 Å². The summed E-state index contributed by atoms with van der Waals surface area (Å²) in [5, 5.41) is 15.0. The highest BCUT2D eigenvalue weighted by atomic mass is 16.3. The maximum absolute atomic E-state index is 10.6. The highest BCUT2D eigenvalue weighted by Crippen LogP contribution is 2.45. The zero-order valence-corrected chi connectivity index (χ0v) is 27.9. The Hall–Kier alpha value is -7.29. The lowest BCUT2D eigenvalue weighted by Gasteiger charge is -2.19. The minimum atomic E-state index is 0.433.